The van der Waals surface area contributed by atoms with Gasteiger partial charge in [-0.3, -0.25) is 14.9 Å². The topological polar surface area (TPSA) is 171 Å². The maximum Gasteiger partial charge on any atom is 0.416 e. The number of alkyl halides is 6. The molecule has 2 aromatic carbocycles. The number of nitrogens with zero attached hydrogens (tertiary/aromatic N) is 3. The van der Waals surface area contributed by atoms with Gasteiger partial charge in [-0.15, -0.1) is 0 Å². The highest BCUT2D eigenvalue weighted by Gasteiger charge is 2.34. The minimum Gasteiger partial charge on any atom is -0.478 e. The van der Waals surface area contributed by atoms with E-state index in [9.17, 15) is 45.5 Å². The lowest BCUT2D eigenvalue weighted by Gasteiger charge is -2.16. The van der Waals surface area contributed by atoms with Crippen LogP contribution in [0.25, 0.3) is 0 Å². The van der Waals surface area contributed by atoms with E-state index in [2.05, 4.69) is 25.6 Å². The minimum absolute atomic E-state index is 0.0701. The van der Waals surface area contributed by atoms with Gasteiger partial charge in [0.05, 0.1) is 33.4 Å². The van der Waals surface area contributed by atoms with E-state index in [1.165, 1.54) is 6.20 Å². The van der Waals surface area contributed by atoms with Crippen LogP contribution in [0.1, 0.15) is 87.9 Å². The van der Waals surface area contributed by atoms with Crippen LogP contribution < -0.4 is 10.6 Å². The van der Waals surface area contributed by atoms with Crippen molar-refractivity contribution in [1.82, 2.24) is 15.0 Å². The number of carbonyl (C=O) groups is 4. The molecule has 262 valence electrons. The maximum atomic E-state index is 12.8. The number of anilines is 2. The van der Waals surface area contributed by atoms with Crippen LogP contribution in [0.15, 0.2) is 54.7 Å². The van der Waals surface area contributed by atoms with Gasteiger partial charge in [-0.2, -0.15) is 26.3 Å². The Bertz CT molecular complexity index is 1980. The SMILES string of the molecule is Cc1cnc(NC(=O)c2ccc(C(F)(F)F)cc2C(=O)O)nc1C.O=C(O)c1cc(C(F)(F)F)ccc1C(=O)Nc1ccc2c(n1)CCCC2. The first-order chi connectivity index (χ1) is 23.3. The molecule has 0 saturated heterocycles. The molecule has 0 bridgehead atoms. The van der Waals surface area contributed by atoms with Crippen LogP contribution in [-0.4, -0.2) is 48.9 Å². The lowest BCUT2D eigenvalue weighted by Crippen LogP contribution is -2.19. The molecule has 2 heterocycles. The van der Waals surface area contributed by atoms with Gasteiger partial charge in [-0.05, 0) is 93.1 Å². The van der Waals surface area contributed by atoms with Crippen LogP contribution in [0.5, 0.6) is 0 Å². The molecule has 4 aromatic rings. The Labute approximate surface area is 279 Å². The minimum atomic E-state index is -4.71. The number of nitrogens with one attached hydrogen (secondary N) is 2. The van der Waals surface area contributed by atoms with E-state index < -0.39 is 63.9 Å². The number of rotatable bonds is 6. The van der Waals surface area contributed by atoms with Crippen molar-refractivity contribution >= 4 is 35.5 Å². The summed E-state index contributed by atoms with van der Waals surface area (Å²) in [5.74, 6) is -4.82. The second kappa shape index (κ2) is 14.7. The molecule has 0 saturated carbocycles. The van der Waals surface area contributed by atoms with Crippen molar-refractivity contribution in [2.45, 2.75) is 51.9 Å². The zero-order valence-corrected chi connectivity index (χ0v) is 26.2. The van der Waals surface area contributed by atoms with Gasteiger partial charge < -0.3 is 15.5 Å². The third-order valence-electron chi connectivity index (χ3n) is 7.51. The number of hydrogen-bond donors (Lipinski definition) is 4. The monoisotopic (exact) mass is 703 g/mol. The molecule has 0 spiro atoms. The van der Waals surface area contributed by atoms with Crippen molar-refractivity contribution in [3.05, 3.63) is 111 Å². The summed E-state index contributed by atoms with van der Waals surface area (Å²) in [4.78, 5) is 59.2. The third kappa shape index (κ3) is 8.97. The Morgan fingerprint density at radius 2 is 1.20 bits per heavy atom. The summed E-state index contributed by atoms with van der Waals surface area (Å²) in [5.41, 5.74) is -1.16. The average Bonchev–Trinajstić information content (AvgIpc) is 3.05. The number of carbonyl (C=O) groups excluding carboxylic acids is 2. The van der Waals surface area contributed by atoms with Crippen LogP contribution in [0, 0.1) is 13.8 Å². The van der Waals surface area contributed by atoms with E-state index in [4.69, 9.17) is 10.2 Å². The molecular weight excluding hydrogens is 676 g/mol. The number of carboxylic acid groups (broad SMARTS) is 2. The molecule has 1 aliphatic rings. The van der Waals surface area contributed by atoms with E-state index in [1.807, 2.05) is 6.07 Å². The summed E-state index contributed by atoms with van der Waals surface area (Å²) < 4.78 is 76.3. The van der Waals surface area contributed by atoms with Crippen LogP contribution in [-0.2, 0) is 25.2 Å². The predicted octanol–water partition coefficient (Wildman–Crippen LogP) is 6.99. The summed E-state index contributed by atoms with van der Waals surface area (Å²) >= 11 is 0. The van der Waals surface area contributed by atoms with Crippen LogP contribution in [0.2, 0.25) is 0 Å². The van der Waals surface area contributed by atoms with Crippen molar-refractivity contribution in [1.29, 1.82) is 0 Å². The second-order valence-electron chi connectivity index (χ2n) is 11.0. The summed E-state index contributed by atoms with van der Waals surface area (Å²) in [6, 6.07) is 7.32. The molecule has 0 unspecified atom stereocenters. The number of aromatic nitrogens is 3. The van der Waals surface area contributed by atoms with Crippen molar-refractivity contribution < 1.29 is 55.7 Å². The van der Waals surface area contributed by atoms with Crippen molar-refractivity contribution in [3.63, 3.8) is 0 Å². The fourth-order valence-corrected chi connectivity index (χ4v) is 4.78. The van der Waals surface area contributed by atoms with E-state index >= 15 is 0 Å². The average molecular weight is 704 g/mol. The summed E-state index contributed by atoms with van der Waals surface area (Å²) in [6.45, 7) is 3.45. The smallest absolute Gasteiger partial charge is 0.416 e. The molecule has 5 rings (SSSR count). The summed E-state index contributed by atoms with van der Waals surface area (Å²) in [6.07, 6.45) is -4.16. The van der Waals surface area contributed by atoms with E-state index in [1.54, 1.807) is 19.9 Å². The Kier molecular flexibility index (Phi) is 10.9. The third-order valence-corrected chi connectivity index (χ3v) is 7.51. The van der Waals surface area contributed by atoms with Gasteiger partial charge in [-0.1, -0.05) is 6.07 Å². The largest absolute Gasteiger partial charge is 0.478 e. The number of benzene rings is 2. The number of pyridine rings is 1. The second-order valence-corrected chi connectivity index (χ2v) is 11.0. The van der Waals surface area contributed by atoms with Crippen molar-refractivity contribution in [2.24, 2.45) is 0 Å². The fourth-order valence-electron chi connectivity index (χ4n) is 4.78. The first kappa shape index (κ1) is 37.0. The highest BCUT2D eigenvalue weighted by atomic mass is 19.4. The maximum absolute atomic E-state index is 12.8. The number of amides is 2. The lowest BCUT2D eigenvalue weighted by molar-refractivity contribution is -0.138. The molecule has 2 amide bonds. The highest BCUT2D eigenvalue weighted by Crippen LogP contribution is 2.32. The molecule has 2 aromatic heterocycles. The molecule has 4 N–H and O–H groups in total. The lowest BCUT2D eigenvalue weighted by atomic mass is 9.96. The van der Waals surface area contributed by atoms with E-state index in [-0.39, 0.29) is 17.3 Å². The van der Waals surface area contributed by atoms with Gasteiger partial charge in [0.15, 0.2) is 0 Å². The Hall–Kier alpha value is -5.87. The van der Waals surface area contributed by atoms with Gasteiger partial charge in [0.1, 0.15) is 5.82 Å². The van der Waals surface area contributed by atoms with Gasteiger partial charge in [-0.25, -0.2) is 24.5 Å². The molecule has 50 heavy (non-hydrogen) atoms. The van der Waals surface area contributed by atoms with Crippen LogP contribution >= 0.6 is 0 Å². The number of halogens is 6. The number of hydrogen-bond acceptors (Lipinski definition) is 7. The molecule has 0 atom stereocenters. The van der Waals surface area contributed by atoms with Crippen LogP contribution in [0.4, 0.5) is 38.1 Å². The molecule has 11 nitrogen and oxygen atoms in total. The van der Waals surface area contributed by atoms with Crippen molar-refractivity contribution in [2.75, 3.05) is 10.6 Å². The standard InChI is InChI=1S/C18H15F3N2O3.C15H12F3N3O3/c19-18(20,21)11-6-7-12(13(9-11)17(25)26)16(24)23-15-8-5-10-3-1-2-4-14(10)22-15;1-7-6-19-14(20-8(7)2)21-12(22)10-4-3-9(15(16,17)18)5-11(10)13(23)24/h5-9H,1-4H2,(H,25,26)(H,22,23,24);3-6H,1-2H3,(H,23,24)(H,19,20,21,22). The molecule has 17 heteroatoms. The molecular formula is C33H27F6N5O6. The molecule has 0 fully saturated rings. The summed E-state index contributed by atoms with van der Waals surface area (Å²) in [7, 11) is 0. The Morgan fingerprint density at radius 3 is 1.70 bits per heavy atom. The number of fused-ring (bicyclic) bond motifs is 1. The number of carboxylic acids is 2. The van der Waals surface area contributed by atoms with Crippen molar-refractivity contribution in [3.8, 4) is 0 Å². The Morgan fingerprint density at radius 1 is 0.680 bits per heavy atom. The zero-order chi connectivity index (χ0) is 37.0. The first-order valence-electron chi connectivity index (χ1n) is 14.7. The quantitative estimate of drug-likeness (QED) is 0.155. The molecule has 0 radical (unpaired) electrons. The number of aryl methyl sites for hydroxylation is 4. The fraction of sp³-hybridized carbons (Fsp3) is 0.242. The molecule has 1 aliphatic carbocycles. The van der Waals surface area contributed by atoms with E-state index in [0.29, 0.717) is 30.0 Å². The van der Waals surface area contributed by atoms with Gasteiger partial charge in [0.25, 0.3) is 11.8 Å². The van der Waals surface area contributed by atoms with E-state index in [0.717, 1.165) is 54.6 Å². The predicted molar refractivity (Wildman–Crippen MR) is 165 cm³/mol. The highest BCUT2D eigenvalue weighted by molar-refractivity contribution is 6.11. The normalized spacial score (nSPS) is 12.6. The van der Waals surface area contributed by atoms with Crippen LogP contribution in [0.3, 0.4) is 0 Å². The first-order valence-corrected chi connectivity index (χ1v) is 14.7. The van der Waals surface area contributed by atoms with Gasteiger partial charge in [0.2, 0.25) is 5.95 Å². The molecule has 0 aliphatic heterocycles. The Balaban J connectivity index is 0.000000226. The van der Waals surface area contributed by atoms with Gasteiger partial charge >= 0.3 is 24.3 Å². The van der Waals surface area contributed by atoms with Gasteiger partial charge in [0, 0.05) is 17.6 Å². The number of aromatic carboxylic acids is 2. The zero-order valence-electron chi connectivity index (χ0n) is 26.2. The summed E-state index contributed by atoms with van der Waals surface area (Å²) in [5, 5.41) is 23.0.